The predicted molar refractivity (Wildman–Crippen MR) is 101 cm³/mol. The van der Waals surface area contributed by atoms with Gasteiger partial charge in [-0.1, -0.05) is 12.1 Å². The molecule has 1 fully saturated rings. The molecule has 1 aromatic heterocycles. The van der Waals surface area contributed by atoms with E-state index in [1.807, 2.05) is 29.4 Å². The van der Waals surface area contributed by atoms with Crippen LogP contribution >= 0.6 is 0 Å². The molecule has 0 saturated carbocycles. The van der Waals surface area contributed by atoms with E-state index in [4.69, 9.17) is 5.11 Å². The van der Waals surface area contributed by atoms with Gasteiger partial charge >= 0.3 is 0 Å². The van der Waals surface area contributed by atoms with Crippen molar-refractivity contribution in [1.82, 2.24) is 19.4 Å². The van der Waals surface area contributed by atoms with E-state index in [9.17, 15) is 4.79 Å². The first-order valence-corrected chi connectivity index (χ1v) is 9.23. The molecule has 140 valence electrons. The van der Waals surface area contributed by atoms with E-state index < -0.39 is 0 Å². The van der Waals surface area contributed by atoms with Gasteiger partial charge in [0, 0.05) is 50.1 Å². The summed E-state index contributed by atoms with van der Waals surface area (Å²) in [5.74, 6) is 1.42. The number of imidazole rings is 1. The molecule has 1 saturated heterocycles. The second kappa shape index (κ2) is 8.47. The summed E-state index contributed by atoms with van der Waals surface area (Å²) in [6.45, 7) is 3.37. The monoisotopic (exact) mass is 356 g/mol. The molecule has 1 aliphatic heterocycles. The van der Waals surface area contributed by atoms with Crippen LogP contribution in [-0.4, -0.2) is 64.1 Å². The number of hydrogen-bond donors (Lipinski definition) is 1. The summed E-state index contributed by atoms with van der Waals surface area (Å²) < 4.78 is 2.22. The number of aliphatic hydroxyl groups is 1. The van der Waals surface area contributed by atoms with Crippen LogP contribution in [-0.2, 0) is 13.2 Å². The van der Waals surface area contributed by atoms with Crippen molar-refractivity contribution in [1.29, 1.82) is 0 Å². The van der Waals surface area contributed by atoms with Crippen LogP contribution < -0.4 is 0 Å². The standard InChI is InChI=1S/C20H28N4O2/c1-22(2)12-13-23-11-9-21-19(23)18-4-3-10-24(14-18)20(26)17-7-5-16(15-25)6-8-17/h5-9,11,18,25H,3-4,10,12-15H2,1-2H3. The third-order valence-corrected chi connectivity index (χ3v) is 4.99. The number of aromatic nitrogens is 2. The van der Waals surface area contributed by atoms with Crippen molar-refractivity contribution in [3.05, 3.63) is 53.6 Å². The van der Waals surface area contributed by atoms with Crippen molar-refractivity contribution in [3.63, 3.8) is 0 Å². The fraction of sp³-hybridized carbons (Fsp3) is 0.500. The Morgan fingerprint density at radius 2 is 2.08 bits per heavy atom. The molecule has 3 rings (SSSR count). The van der Waals surface area contributed by atoms with Gasteiger partial charge in [0.2, 0.25) is 0 Å². The Morgan fingerprint density at radius 3 is 2.77 bits per heavy atom. The topological polar surface area (TPSA) is 61.6 Å². The van der Waals surface area contributed by atoms with Gasteiger partial charge in [-0.25, -0.2) is 4.98 Å². The summed E-state index contributed by atoms with van der Waals surface area (Å²) in [6.07, 6.45) is 5.95. The first-order chi connectivity index (χ1) is 12.6. The molecule has 0 aliphatic carbocycles. The van der Waals surface area contributed by atoms with Crippen LogP contribution in [0.5, 0.6) is 0 Å². The van der Waals surface area contributed by atoms with Gasteiger partial charge in [0.05, 0.1) is 6.61 Å². The molecule has 1 aliphatic rings. The highest BCUT2D eigenvalue weighted by molar-refractivity contribution is 5.94. The van der Waals surface area contributed by atoms with E-state index in [1.165, 1.54) is 0 Å². The maximum Gasteiger partial charge on any atom is 0.253 e. The number of nitrogens with zero attached hydrogens (tertiary/aromatic N) is 4. The zero-order chi connectivity index (χ0) is 18.5. The van der Waals surface area contributed by atoms with E-state index in [0.29, 0.717) is 12.1 Å². The Bertz CT molecular complexity index is 724. The summed E-state index contributed by atoms with van der Waals surface area (Å²) in [5, 5.41) is 9.15. The van der Waals surface area contributed by atoms with Crippen LogP contribution in [0.25, 0.3) is 0 Å². The van der Waals surface area contributed by atoms with Gasteiger partial charge in [0.15, 0.2) is 0 Å². The smallest absolute Gasteiger partial charge is 0.253 e. The van der Waals surface area contributed by atoms with E-state index in [-0.39, 0.29) is 18.4 Å². The molecule has 1 atom stereocenters. The highest BCUT2D eigenvalue weighted by Gasteiger charge is 2.28. The highest BCUT2D eigenvalue weighted by atomic mass is 16.3. The van der Waals surface area contributed by atoms with Crippen LogP contribution in [0.2, 0.25) is 0 Å². The Balaban J connectivity index is 1.69. The van der Waals surface area contributed by atoms with Crippen molar-refractivity contribution in [2.75, 3.05) is 33.7 Å². The second-order valence-corrected chi connectivity index (χ2v) is 7.23. The Morgan fingerprint density at radius 1 is 1.31 bits per heavy atom. The number of carbonyl (C=O) groups is 1. The lowest BCUT2D eigenvalue weighted by Gasteiger charge is -2.33. The Hall–Kier alpha value is -2.18. The molecule has 1 aromatic carbocycles. The largest absolute Gasteiger partial charge is 0.392 e. The Kier molecular flexibility index (Phi) is 6.06. The molecular formula is C20H28N4O2. The lowest BCUT2D eigenvalue weighted by atomic mass is 9.96. The number of carbonyl (C=O) groups excluding carboxylic acids is 1. The van der Waals surface area contributed by atoms with Gasteiger partial charge in [-0.3, -0.25) is 4.79 Å². The molecule has 6 nitrogen and oxygen atoms in total. The molecule has 1 amide bonds. The SMILES string of the molecule is CN(C)CCn1ccnc1C1CCCN(C(=O)c2ccc(CO)cc2)C1. The summed E-state index contributed by atoms with van der Waals surface area (Å²) in [5.41, 5.74) is 1.50. The number of likely N-dealkylation sites (tertiary alicyclic amines) is 1. The molecule has 2 aromatic rings. The quantitative estimate of drug-likeness (QED) is 0.859. The molecule has 6 heteroatoms. The van der Waals surface area contributed by atoms with Crippen LogP contribution in [0, 0.1) is 0 Å². The maximum atomic E-state index is 12.8. The number of rotatable bonds is 6. The minimum absolute atomic E-state index is 0.00410. The fourth-order valence-electron chi connectivity index (χ4n) is 3.49. The summed E-state index contributed by atoms with van der Waals surface area (Å²) in [4.78, 5) is 21.5. The van der Waals surface area contributed by atoms with E-state index in [1.54, 1.807) is 12.1 Å². The zero-order valence-electron chi connectivity index (χ0n) is 15.6. The van der Waals surface area contributed by atoms with Crippen LogP contribution in [0.15, 0.2) is 36.7 Å². The van der Waals surface area contributed by atoms with Crippen LogP contribution in [0.3, 0.4) is 0 Å². The summed E-state index contributed by atoms with van der Waals surface area (Å²) >= 11 is 0. The lowest BCUT2D eigenvalue weighted by molar-refractivity contribution is 0.0703. The number of benzene rings is 1. The van der Waals surface area contributed by atoms with Crippen molar-refractivity contribution in [3.8, 4) is 0 Å². The van der Waals surface area contributed by atoms with Gasteiger partial charge in [0.1, 0.15) is 5.82 Å². The molecule has 26 heavy (non-hydrogen) atoms. The first kappa shape index (κ1) is 18.6. The molecule has 0 spiro atoms. The van der Waals surface area contributed by atoms with Gasteiger partial charge < -0.3 is 19.5 Å². The third kappa shape index (κ3) is 4.31. The van der Waals surface area contributed by atoms with Crippen LogP contribution in [0.4, 0.5) is 0 Å². The minimum atomic E-state index is -0.00410. The molecule has 1 N–H and O–H groups in total. The van der Waals surface area contributed by atoms with Gasteiger partial charge in [0.25, 0.3) is 5.91 Å². The highest BCUT2D eigenvalue weighted by Crippen LogP contribution is 2.27. The number of hydrogen-bond acceptors (Lipinski definition) is 4. The molecule has 0 radical (unpaired) electrons. The first-order valence-electron chi connectivity index (χ1n) is 9.23. The zero-order valence-corrected chi connectivity index (χ0v) is 15.6. The number of likely N-dealkylation sites (N-methyl/N-ethyl adjacent to an activating group) is 1. The summed E-state index contributed by atoms with van der Waals surface area (Å²) in [6, 6.07) is 7.22. The third-order valence-electron chi connectivity index (χ3n) is 4.99. The second-order valence-electron chi connectivity index (χ2n) is 7.23. The van der Waals surface area contributed by atoms with Gasteiger partial charge in [-0.15, -0.1) is 0 Å². The van der Waals surface area contributed by atoms with Gasteiger partial charge in [-0.2, -0.15) is 0 Å². The molecule has 2 heterocycles. The lowest BCUT2D eigenvalue weighted by Crippen LogP contribution is -2.39. The van der Waals surface area contributed by atoms with Gasteiger partial charge in [-0.05, 0) is 44.6 Å². The van der Waals surface area contributed by atoms with Crippen LogP contribution in [0.1, 0.15) is 40.5 Å². The van der Waals surface area contributed by atoms with Crippen molar-refractivity contribution >= 4 is 5.91 Å². The van der Waals surface area contributed by atoms with E-state index in [2.05, 4.69) is 28.5 Å². The normalized spacial score (nSPS) is 17.7. The number of amides is 1. The van der Waals surface area contributed by atoms with E-state index >= 15 is 0 Å². The van der Waals surface area contributed by atoms with Crippen molar-refractivity contribution < 1.29 is 9.90 Å². The van der Waals surface area contributed by atoms with Crippen molar-refractivity contribution in [2.45, 2.75) is 31.9 Å². The summed E-state index contributed by atoms with van der Waals surface area (Å²) in [7, 11) is 4.14. The average molecular weight is 356 g/mol. The molecule has 0 bridgehead atoms. The Labute approximate surface area is 155 Å². The number of aliphatic hydroxyl groups excluding tert-OH is 1. The predicted octanol–water partition coefficient (Wildman–Crippen LogP) is 1.96. The molecular weight excluding hydrogens is 328 g/mol. The molecule has 1 unspecified atom stereocenters. The fourth-order valence-corrected chi connectivity index (χ4v) is 3.49. The number of piperidine rings is 1. The van der Waals surface area contributed by atoms with E-state index in [0.717, 1.165) is 43.9 Å². The minimum Gasteiger partial charge on any atom is -0.392 e. The van der Waals surface area contributed by atoms with Crippen molar-refractivity contribution in [2.24, 2.45) is 0 Å². The average Bonchev–Trinajstić information content (AvgIpc) is 3.14. The maximum absolute atomic E-state index is 12.8.